The summed E-state index contributed by atoms with van der Waals surface area (Å²) in [6.45, 7) is 11.2. The van der Waals surface area contributed by atoms with Crippen LogP contribution in [-0.2, 0) is 16.6 Å². The van der Waals surface area contributed by atoms with Gasteiger partial charge in [0.1, 0.15) is 16.4 Å². The molecule has 1 unspecified atom stereocenters. The first-order valence-corrected chi connectivity index (χ1v) is 9.07. The van der Waals surface area contributed by atoms with Crippen molar-refractivity contribution in [1.29, 1.82) is 0 Å². The van der Waals surface area contributed by atoms with Gasteiger partial charge in [-0.15, -0.1) is 0 Å². The Hall–Kier alpha value is -0.850. The van der Waals surface area contributed by atoms with Crippen molar-refractivity contribution in [2.24, 2.45) is 5.92 Å². The predicted molar refractivity (Wildman–Crippen MR) is 84.7 cm³/mol. The number of furan rings is 1. The van der Waals surface area contributed by atoms with E-state index in [1.54, 1.807) is 13.0 Å². The lowest BCUT2D eigenvalue weighted by molar-refractivity contribution is 0.458. The molecule has 0 aromatic carbocycles. The summed E-state index contributed by atoms with van der Waals surface area (Å²) in [7, 11) is -3.51. The van der Waals surface area contributed by atoms with Gasteiger partial charge >= 0.3 is 0 Å². The Balaban J connectivity index is 2.75. The molecule has 2 N–H and O–H groups in total. The minimum absolute atomic E-state index is 0.0797. The monoisotopic (exact) mass is 316 g/mol. The van der Waals surface area contributed by atoms with E-state index in [1.165, 1.54) is 0 Å². The molecule has 0 aliphatic rings. The summed E-state index contributed by atoms with van der Waals surface area (Å²) in [4.78, 5) is 0.242. The Bertz CT molecular complexity index is 535. The van der Waals surface area contributed by atoms with E-state index >= 15 is 0 Å². The van der Waals surface area contributed by atoms with Crippen LogP contribution in [0.4, 0.5) is 0 Å². The molecule has 0 aliphatic heterocycles. The molecule has 1 heterocycles. The Morgan fingerprint density at radius 3 is 2.48 bits per heavy atom. The minimum atomic E-state index is -3.51. The van der Waals surface area contributed by atoms with Crippen molar-refractivity contribution in [3.63, 3.8) is 0 Å². The maximum absolute atomic E-state index is 12.4. The van der Waals surface area contributed by atoms with Crippen molar-refractivity contribution in [1.82, 2.24) is 10.0 Å². The molecule has 0 radical (unpaired) electrons. The molecule has 0 fully saturated rings. The lowest BCUT2D eigenvalue weighted by Gasteiger charge is -2.14. The van der Waals surface area contributed by atoms with Gasteiger partial charge in [-0.1, -0.05) is 20.8 Å². The Morgan fingerprint density at radius 1 is 1.24 bits per heavy atom. The third-order valence-electron chi connectivity index (χ3n) is 3.30. The van der Waals surface area contributed by atoms with Gasteiger partial charge in [0.05, 0.1) is 6.54 Å². The lowest BCUT2D eigenvalue weighted by Crippen LogP contribution is -2.32. The summed E-state index contributed by atoms with van der Waals surface area (Å²) in [6, 6.07) is 1.53. The van der Waals surface area contributed by atoms with Crippen LogP contribution >= 0.6 is 0 Å². The number of nitrogens with one attached hydrogen (secondary N) is 2. The fourth-order valence-electron chi connectivity index (χ4n) is 2.10. The van der Waals surface area contributed by atoms with Crippen molar-refractivity contribution < 1.29 is 12.8 Å². The summed E-state index contributed by atoms with van der Waals surface area (Å²) < 4.78 is 33.0. The molecule has 5 nitrogen and oxygen atoms in total. The highest BCUT2D eigenvalue weighted by atomic mass is 32.2. The molecule has 0 amide bonds. The molecule has 1 atom stereocenters. The van der Waals surface area contributed by atoms with Gasteiger partial charge in [0.2, 0.25) is 10.0 Å². The average molecular weight is 316 g/mol. The third kappa shape index (κ3) is 5.80. The van der Waals surface area contributed by atoms with Gasteiger partial charge in [-0.25, -0.2) is 13.1 Å². The number of hydrogen-bond acceptors (Lipinski definition) is 4. The molecule has 0 saturated heterocycles. The molecule has 0 bridgehead atoms. The van der Waals surface area contributed by atoms with Crippen molar-refractivity contribution in [3.05, 3.63) is 17.6 Å². The van der Waals surface area contributed by atoms with E-state index in [4.69, 9.17) is 4.42 Å². The second-order valence-corrected chi connectivity index (χ2v) is 7.59. The van der Waals surface area contributed by atoms with Crippen LogP contribution in [0.1, 0.15) is 52.1 Å². The first-order chi connectivity index (χ1) is 9.76. The molecule has 21 heavy (non-hydrogen) atoms. The van der Waals surface area contributed by atoms with E-state index in [2.05, 4.69) is 23.9 Å². The number of hydrogen-bond donors (Lipinski definition) is 2. The average Bonchev–Trinajstić information content (AvgIpc) is 2.75. The summed E-state index contributed by atoms with van der Waals surface area (Å²) in [5.74, 6) is 1.65. The Kier molecular flexibility index (Phi) is 6.90. The van der Waals surface area contributed by atoms with Crippen LogP contribution in [0.5, 0.6) is 0 Å². The van der Waals surface area contributed by atoms with Gasteiger partial charge in [0, 0.05) is 12.1 Å². The van der Waals surface area contributed by atoms with Gasteiger partial charge in [-0.3, -0.25) is 0 Å². The quantitative estimate of drug-likeness (QED) is 0.735. The Morgan fingerprint density at radius 2 is 1.90 bits per heavy atom. The van der Waals surface area contributed by atoms with Crippen LogP contribution in [-0.4, -0.2) is 21.0 Å². The molecule has 1 rings (SSSR count). The van der Waals surface area contributed by atoms with E-state index in [0.29, 0.717) is 24.0 Å². The molecule has 122 valence electrons. The molecule has 6 heteroatoms. The van der Waals surface area contributed by atoms with Crippen LogP contribution in [0, 0.1) is 12.8 Å². The van der Waals surface area contributed by atoms with Crippen molar-refractivity contribution >= 4 is 10.0 Å². The highest BCUT2D eigenvalue weighted by Crippen LogP contribution is 2.20. The van der Waals surface area contributed by atoms with Gasteiger partial charge in [-0.2, -0.15) is 0 Å². The molecule has 0 aliphatic carbocycles. The van der Waals surface area contributed by atoms with Gasteiger partial charge in [0.25, 0.3) is 0 Å². The smallest absolute Gasteiger partial charge is 0.244 e. The molecule has 1 aromatic rings. The maximum Gasteiger partial charge on any atom is 0.244 e. The van der Waals surface area contributed by atoms with Crippen molar-refractivity contribution in [2.75, 3.05) is 6.54 Å². The third-order valence-corrected chi connectivity index (χ3v) is 4.99. The maximum atomic E-state index is 12.4. The van der Waals surface area contributed by atoms with E-state index in [0.717, 1.165) is 19.4 Å². The second kappa shape index (κ2) is 7.96. The molecule has 0 spiro atoms. The van der Waals surface area contributed by atoms with E-state index in [9.17, 15) is 8.42 Å². The fourth-order valence-corrected chi connectivity index (χ4v) is 3.58. The first-order valence-electron chi connectivity index (χ1n) is 7.58. The van der Waals surface area contributed by atoms with E-state index < -0.39 is 10.0 Å². The van der Waals surface area contributed by atoms with Crippen molar-refractivity contribution in [3.8, 4) is 0 Å². The van der Waals surface area contributed by atoms with E-state index in [1.807, 2.05) is 13.8 Å². The number of sulfonamides is 1. The molecule has 0 saturated carbocycles. The SMILES string of the molecule is CCNCc1cc(S(=O)(=O)NC(C)CCC(C)C)c(C)o1. The fraction of sp³-hybridized carbons (Fsp3) is 0.733. The summed E-state index contributed by atoms with van der Waals surface area (Å²) in [5.41, 5.74) is 0. The van der Waals surface area contributed by atoms with Crippen LogP contribution in [0.15, 0.2) is 15.4 Å². The highest BCUT2D eigenvalue weighted by molar-refractivity contribution is 7.89. The number of aryl methyl sites for hydroxylation is 1. The normalized spacial score (nSPS) is 13.8. The zero-order chi connectivity index (χ0) is 16.0. The zero-order valence-corrected chi connectivity index (χ0v) is 14.5. The zero-order valence-electron chi connectivity index (χ0n) is 13.7. The summed E-state index contributed by atoms with van der Waals surface area (Å²) in [6.07, 6.45) is 1.83. The topological polar surface area (TPSA) is 71.3 Å². The van der Waals surface area contributed by atoms with Crippen LogP contribution in [0.2, 0.25) is 0 Å². The van der Waals surface area contributed by atoms with E-state index in [-0.39, 0.29) is 10.9 Å². The first kappa shape index (κ1) is 18.2. The highest BCUT2D eigenvalue weighted by Gasteiger charge is 2.23. The Labute approximate surface area is 128 Å². The van der Waals surface area contributed by atoms with Crippen LogP contribution in [0.3, 0.4) is 0 Å². The minimum Gasteiger partial charge on any atom is -0.464 e. The summed E-state index contributed by atoms with van der Waals surface area (Å²) in [5, 5.41) is 3.12. The molecule has 1 aromatic heterocycles. The molecular weight excluding hydrogens is 288 g/mol. The lowest BCUT2D eigenvalue weighted by atomic mass is 10.1. The number of rotatable bonds is 9. The summed E-state index contributed by atoms with van der Waals surface area (Å²) >= 11 is 0. The largest absolute Gasteiger partial charge is 0.464 e. The van der Waals surface area contributed by atoms with Gasteiger partial charge in [0.15, 0.2) is 0 Å². The van der Waals surface area contributed by atoms with Crippen LogP contribution in [0.25, 0.3) is 0 Å². The standard InChI is InChI=1S/C15H28N2O3S/c1-6-16-10-14-9-15(13(5)20-14)21(18,19)17-12(4)8-7-11(2)3/h9,11-12,16-17H,6-8,10H2,1-5H3. The van der Waals surface area contributed by atoms with Gasteiger partial charge < -0.3 is 9.73 Å². The predicted octanol–water partition coefficient (Wildman–Crippen LogP) is 2.80. The van der Waals surface area contributed by atoms with Crippen LogP contribution < -0.4 is 10.0 Å². The van der Waals surface area contributed by atoms with Crippen molar-refractivity contribution in [2.45, 2.75) is 64.9 Å². The van der Waals surface area contributed by atoms with Gasteiger partial charge in [-0.05, 0) is 39.2 Å². The second-order valence-electron chi connectivity index (χ2n) is 5.91. The molecular formula is C15H28N2O3S.